The number of nitrogens with zero attached hydrogens (tertiary/aromatic N) is 4. The van der Waals surface area contributed by atoms with Crippen LogP contribution >= 0.6 is 0 Å². The number of imidazole rings is 1. The van der Waals surface area contributed by atoms with Gasteiger partial charge in [-0.15, -0.1) is 0 Å². The number of hydrogen-bond acceptors (Lipinski definition) is 3. The molecule has 1 fully saturated rings. The van der Waals surface area contributed by atoms with Gasteiger partial charge in [0.2, 0.25) is 0 Å². The van der Waals surface area contributed by atoms with Crippen LogP contribution < -0.4 is 0 Å². The first-order chi connectivity index (χ1) is 12.2. The normalized spacial score (nSPS) is 17.8. The molecule has 1 aliphatic heterocycles. The summed E-state index contributed by atoms with van der Waals surface area (Å²) in [5.41, 5.74) is 4.96. The summed E-state index contributed by atoms with van der Waals surface area (Å²) in [6.07, 6.45) is 7.85. The lowest BCUT2D eigenvalue weighted by molar-refractivity contribution is 0.271. The Bertz CT molecular complexity index is 934. The molecule has 3 aromatic rings. The second kappa shape index (κ2) is 6.70. The molecule has 25 heavy (non-hydrogen) atoms. The summed E-state index contributed by atoms with van der Waals surface area (Å²) in [6.45, 7) is 4.62. The fourth-order valence-corrected chi connectivity index (χ4v) is 3.69. The topological polar surface area (TPSA) is 44.3 Å². The molecule has 0 aliphatic carbocycles. The minimum Gasteiger partial charge on any atom is -0.306 e. The van der Waals surface area contributed by atoms with Gasteiger partial charge in [-0.25, -0.2) is 4.98 Å². The van der Waals surface area contributed by atoms with Crippen LogP contribution in [0.15, 0.2) is 48.8 Å². The molecule has 0 bridgehead atoms. The van der Waals surface area contributed by atoms with E-state index in [1.165, 1.54) is 19.4 Å². The third kappa shape index (κ3) is 3.29. The van der Waals surface area contributed by atoms with E-state index in [9.17, 15) is 0 Å². The van der Waals surface area contributed by atoms with Crippen LogP contribution in [0.25, 0.3) is 16.8 Å². The Hall–Kier alpha value is -2.64. The average Bonchev–Trinajstić information content (AvgIpc) is 3.24. The van der Waals surface area contributed by atoms with Crippen molar-refractivity contribution in [1.29, 1.82) is 5.26 Å². The quantitative estimate of drug-likeness (QED) is 0.729. The maximum absolute atomic E-state index is 9.08. The van der Waals surface area contributed by atoms with Crippen LogP contribution in [0.3, 0.4) is 0 Å². The van der Waals surface area contributed by atoms with Crippen LogP contribution in [0.4, 0.5) is 0 Å². The van der Waals surface area contributed by atoms with Crippen molar-refractivity contribution in [3.63, 3.8) is 0 Å². The average molecular weight is 330 g/mol. The molecule has 1 saturated heterocycles. The van der Waals surface area contributed by atoms with Gasteiger partial charge in [0.25, 0.3) is 0 Å². The largest absolute Gasteiger partial charge is 0.306 e. The standard InChI is InChI=1S/C21H22N4/c1-16-4-3-10-24(16)11-9-20-15-25-14-19(7-8-21(25)23-20)18-6-2-5-17(12-18)13-22/h2,5-8,12,14-16H,3-4,9-11H2,1H3. The second-order valence-corrected chi connectivity index (χ2v) is 6.89. The van der Waals surface area contributed by atoms with Gasteiger partial charge in [-0.2, -0.15) is 5.26 Å². The number of aromatic nitrogens is 2. The van der Waals surface area contributed by atoms with Crippen LogP contribution in [-0.2, 0) is 6.42 Å². The zero-order chi connectivity index (χ0) is 17.2. The molecule has 1 atom stereocenters. The summed E-state index contributed by atoms with van der Waals surface area (Å²) >= 11 is 0. The molecule has 0 spiro atoms. The maximum Gasteiger partial charge on any atom is 0.137 e. The lowest BCUT2D eigenvalue weighted by atomic mass is 10.1. The monoisotopic (exact) mass is 330 g/mol. The molecule has 4 heteroatoms. The summed E-state index contributed by atoms with van der Waals surface area (Å²) in [5, 5.41) is 9.08. The van der Waals surface area contributed by atoms with Gasteiger partial charge in [0.1, 0.15) is 5.65 Å². The van der Waals surface area contributed by atoms with Crippen molar-refractivity contribution >= 4 is 5.65 Å². The molecule has 1 aromatic carbocycles. The summed E-state index contributed by atoms with van der Waals surface area (Å²) in [5.74, 6) is 0. The number of fused-ring (bicyclic) bond motifs is 1. The zero-order valence-corrected chi connectivity index (χ0v) is 14.5. The third-order valence-electron chi connectivity index (χ3n) is 5.17. The highest BCUT2D eigenvalue weighted by atomic mass is 15.2. The highest BCUT2D eigenvalue weighted by Gasteiger charge is 2.19. The predicted octanol–water partition coefficient (Wildman–Crippen LogP) is 3.90. The van der Waals surface area contributed by atoms with E-state index < -0.39 is 0 Å². The van der Waals surface area contributed by atoms with Gasteiger partial charge >= 0.3 is 0 Å². The van der Waals surface area contributed by atoms with E-state index in [1.54, 1.807) is 0 Å². The van der Waals surface area contributed by atoms with Crippen LogP contribution in [0.5, 0.6) is 0 Å². The number of hydrogen-bond donors (Lipinski definition) is 0. The molecule has 4 rings (SSSR count). The minimum absolute atomic E-state index is 0.684. The number of pyridine rings is 1. The van der Waals surface area contributed by atoms with Crippen molar-refractivity contribution in [1.82, 2.24) is 14.3 Å². The summed E-state index contributed by atoms with van der Waals surface area (Å²) < 4.78 is 2.09. The second-order valence-electron chi connectivity index (χ2n) is 6.89. The molecule has 0 amide bonds. The van der Waals surface area contributed by atoms with E-state index in [1.807, 2.05) is 24.3 Å². The molecule has 126 valence electrons. The highest BCUT2D eigenvalue weighted by molar-refractivity contribution is 5.66. The van der Waals surface area contributed by atoms with Crippen molar-refractivity contribution < 1.29 is 0 Å². The Morgan fingerprint density at radius 1 is 1.20 bits per heavy atom. The van der Waals surface area contributed by atoms with Gasteiger partial charge in [-0.05, 0) is 61.7 Å². The van der Waals surface area contributed by atoms with E-state index in [0.29, 0.717) is 11.6 Å². The van der Waals surface area contributed by atoms with Gasteiger partial charge in [0, 0.05) is 31.4 Å². The SMILES string of the molecule is CC1CCCN1CCc1cn2cc(-c3cccc(C#N)c3)ccc2n1. The fourth-order valence-electron chi connectivity index (χ4n) is 3.69. The molecule has 0 radical (unpaired) electrons. The molecule has 0 saturated carbocycles. The van der Waals surface area contributed by atoms with Gasteiger partial charge in [-0.1, -0.05) is 12.1 Å². The maximum atomic E-state index is 9.08. The summed E-state index contributed by atoms with van der Waals surface area (Å²) in [7, 11) is 0. The summed E-state index contributed by atoms with van der Waals surface area (Å²) in [4.78, 5) is 7.31. The highest BCUT2D eigenvalue weighted by Crippen LogP contribution is 2.22. The lowest BCUT2D eigenvalue weighted by Crippen LogP contribution is -2.29. The molecular weight excluding hydrogens is 308 g/mol. The van der Waals surface area contributed by atoms with Gasteiger partial charge in [0.15, 0.2) is 0 Å². The van der Waals surface area contributed by atoms with Gasteiger partial charge in [0.05, 0.1) is 17.3 Å². The minimum atomic E-state index is 0.684. The molecule has 2 aromatic heterocycles. The molecule has 4 nitrogen and oxygen atoms in total. The first kappa shape index (κ1) is 15.9. The number of nitriles is 1. The molecule has 0 N–H and O–H groups in total. The van der Waals surface area contributed by atoms with Crippen LogP contribution in [0.1, 0.15) is 31.0 Å². The van der Waals surface area contributed by atoms with E-state index in [-0.39, 0.29) is 0 Å². The first-order valence-electron chi connectivity index (χ1n) is 8.95. The van der Waals surface area contributed by atoms with Crippen molar-refractivity contribution in [2.24, 2.45) is 0 Å². The van der Waals surface area contributed by atoms with Crippen LogP contribution in [0.2, 0.25) is 0 Å². The van der Waals surface area contributed by atoms with E-state index in [0.717, 1.165) is 35.4 Å². The van der Waals surface area contributed by atoms with E-state index >= 15 is 0 Å². The number of rotatable bonds is 4. The van der Waals surface area contributed by atoms with E-state index in [2.05, 4.69) is 46.8 Å². The summed E-state index contributed by atoms with van der Waals surface area (Å²) in [6, 6.07) is 14.7. The van der Waals surface area contributed by atoms with Crippen molar-refractivity contribution in [3.05, 3.63) is 60.0 Å². The van der Waals surface area contributed by atoms with Crippen molar-refractivity contribution in [2.45, 2.75) is 32.2 Å². The number of likely N-dealkylation sites (tertiary alicyclic amines) is 1. The van der Waals surface area contributed by atoms with Gasteiger partial charge < -0.3 is 9.30 Å². The first-order valence-corrected chi connectivity index (χ1v) is 8.95. The Morgan fingerprint density at radius 2 is 2.12 bits per heavy atom. The smallest absolute Gasteiger partial charge is 0.137 e. The Kier molecular flexibility index (Phi) is 4.25. The lowest BCUT2D eigenvalue weighted by Gasteiger charge is -2.19. The van der Waals surface area contributed by atoms with E-state index in [4.69, 9.17) is 10.2 Å². The third-order valence-corrected chi connectivity index (χ3v) is 5.17. The Morgan fingerprint density at radius 3 is 2.92 bits per heavy atom. The molecular formula is C21H22N4. The Balaban J connectivity index is 1.55. The van der Waals surface area contributed by atoms with Crippen LogP contribution in [0, 0.1) is 11.3 Å². The fraction of sp³-hybridized carbons (Fsp3) is 0.333. The van der Waals surface area contributed by atoms with Crippen molar-refractivity contribution in [3.8, 4) is 17.2 Å². The molecule has 3 heterocycles. The number of benzene rings is 1. The molecule has 1 unspecified atom stereocenters. The molecule has 1 aliphatic rings. The zero-order valence-electron chi connectivity index (χ0n) is 14.5. The Labute approximate surface area is 148 Å². The van der Waals surface area contributed by atoms with Crippen molar-refractivity contribution in [2.75, 3.05) is 13.1 Å². The van der Waals surface area contributed by atoms with Gasteiger partial charge in [-0.3, -0.25) is 0 Å². The predicted molar refractivity (Wildman–Crippen MR) is 99.3 cm³/mol. The van der Waals surface area contributed by atoms with Crippen LogP contribution in [-0.4, -0.2) is 33.4 Å².